The molecule has 0 spiro atoms. The van der Waals surface area contributed by atoms with Gasteiger partial charge in [0.15, 0.2) is 0 Å². The van der Waals surface area contributed by atoms with Crippen LogP contribution in [0.15, 0.2) is 17.1 Å². The summed E-state index contributed by atoms with van der Waals surface area (Å²) in [5, 5.41) is 4.99. The van der Waals surface area contributed by atoms with Crippen LogP contribution in [0, 0.1) is 0 Å². The molecule has 1 unspecified atom stereocenters. The normalized spacial score (nSPS) is 20.0. The third-order valence-corrected chi connectivity index (χ3v) is 2.93. The molecule has 3 rings (SSSR count). The summed E-state index contributed by atoms with van der Waals surface area (Å²) < 4.78 is 10.5. The summed E-state index contributed by atoms with van der Waals surface area (Å²) in [6.45, 7) is 0. The van der Waals surface area contributed by atoms with Gasteiger partial charge in [-0.3, -0.25) is 4.98 Å². The van der Waals surface area contributed by atoms with Gasteiger partial charge in [-0.25, -0.2) is 4.79 Å². The quantitative estimate of drug-likeness (QED) is 0.663. The molecular weight excluding hydrogens is 236 g/mol. The van der Waals surface area contributed by atoms with Crippen molar-refractivity contribution in [2.24, 2.45) is 5.16 Å². The lowest BCUT2D eigenvalue weighted by Crippen LogP contribution is -2.36. The molecule has 1 aliphatic carbocycles. The van der Waals surface area contributed by atoms with Gasteiger partial charge in [0.2, 0.25) is 0 Å². The van der Waals surface area contributed by atoms with Crippen LogP contribution in [0.1, 0.15) is 16.1 Å². The zero-order chi connectivity index (χ0) is 12.7. The molecule has 0 aromatic carbocycles. The van der Waals surface area contributed by atoms with Crippen molar-refractivity contribution in [2.75, 3.05) is 14.2 Å². The van der Waals surface area contributed by atoms with Gasteiger partial charge >= 0.3 is 5.97 Å². The predicted molar refractivity (Wildman–Crippen MR) is 60.7 cm³/mol. The number of fused-ring (bicyclic) bond motifs is 3. The van der Waals surface area contributed by atoms with E-state index in [1.165, 1.54) is 6.20 Å². The summed E-state index contributed by atoms with van der Waals surface area (Å²) in [6, 6.07) is 0. The molecule has 0 radical (unpaired) electrons. The predicted octanol–water partition coefficient (Wildman–Crippen LogP) is -0.417. The number of hydrogen-bond donors (Lipinski definition) is 0. The average Bonchev–Trinajstić information content (AvgIpc) is 2.79. The van der Waals surface area contributed by atoms with Gasteiger partial charge in [-0.15, -0.1) is 0 Å². The van der Waals surface area contributed by atoms with Crippen molar-refractivity contribution in [1.82, 2.24) is 4.98 Å². The Labute approximate surface area is 102 Å². The Balaban J connectivity index is 2.29. The molecule has 6 heteroatoms. The zero-order valence-electron chi connectivity index (χ0n) is 9.84. The highest BCUT2D eigenvalue weighted by Gasteiger charge is 2.24. The molecule has 1 aromatic rings. The van der Waals surface area contributed by atoms with E-state index in [2.05, 4.69) is 15.0 Å². The fraction of sp³-hybridized carbons (Fsp3) is 0.250. The Morgan fingerprint density at radius 2 is 2.22 bits per heavy atom. The second-order valence-corrected chi connectivity index (χ2v) is 3.86. The molecule has 0 amide bonds. The van der Waals surface area contributed by atoms with Gasteiger partial charge in [0, 0.05) is 24.6 Å². The molecule has 0 N–H and O–H groups in total. The largest absolute Gasteiger partial charge is 0.498 e. The molecule has 1 aromatic heterocycles. The van der Waals surface area contributed by atoms with Crippen LogP contribution in [0.2, 0.25) is 0 Å². The lowest BCUT2D eigenvalue weighted by Gasteiger charge is -2.17. The maximum atomic E-state index is 11.4. The van der Waals surface area contributed by atoms with E-state index in [0.29, 0.717) is 22.4 Å². The minimum absolute atomic E-state index is 0.318. The first-order valence-corrected chi connectivity index (χ1v) is 5.33. The molecular formula is C12H10N2O4. The Morgan fingerprint density at radius 3 is 2.94 bits per heavy atom. The van der Waals surface area contributed by atoms with Gasteiger partial charge in [0.05, 0.1) is 12.8 Å². The number of methoxy groups -OCH3 is 2. The molecule has 0 saturated carbocycles. The molecule has 0 fully saturated rings. The van der Waals surface area contributed by atoms with Crippen molar-refractivity contribution in [3.8, 4) is 0 Å². The van der Waals surface area contributed by atoms with E-state index in [1.807, 2.05) is 6.08 Å². The highest BCUT2D eigenvalue weighted by molar-refractivity contribution is 5.90. The number of pyridine rings is 1. The van der Waals surface area contributed by atoms with Gasteiger partial charge in [-0.1, -0.05) is 5.16 Å². The standard InChI is InChI=1S/C12H10N2O4/c1-16-9-3-6-8(4-10(9)17-2)13-5-7-11(6)14-18-12(7)15/h3-5,9H,1-2H3. The molecule has 0 saturated heterocycles. The first-order chi connectivity index (χ1) is 8.74. The maximum absolute atomic E-state index is 11.4. The molecule has 2 aliphatic rings. The lowest BCUT2D eigenvalue weighted by molar-refractivity contribution is 0.0543. The van der Waals surface area contributed by atoms with Crippen molar-refractivity contribution < 1.29 is 19.1 Å². The van der Waals surface area contributed by atoms with Crippen LogP contribution in [-0.2, 0) is 14.3 Å². The topological polar surface area (TPSA) is 70.0 Å². The summed E-state index contributed by atoms with van der Waals surface area (Å²) in [4.78, 5) is 20.2. The number of ether oxygens (including phenoxy) is 2. The second kappa shape index (κ2) is 3.92. The van der Waals surface area contributed by atoms with Gasteiger partial charge in [-0.2, -0.15) is 0 Å². The average molecular weight is 246 g/mol. The van der Waals surface area contributed by atoms with Crippen LogP contribution in [0.4, 0.5) is 0 Å². The molecule has 0 bridgehead atoms. The summed E-state index contributed by atoms with van der Waals surface area (Å²) >= 11 is 0. The molecule has 6 nitrogen and oxygen atoms in total. The molecule has 18 heavy (non-hydrogen) atoms. The first kappa shape index (κ1) is 10.9. The van der Waals surface area contributed by atoms with E-state index in [0.717, 1.165) is 5.22 Å². The maximum Gasteiger partial charge on any atom is 0.369 e. The van der Waals surface area contributed by atoms with E-state index < -0.39 is 5.97 Å². The van der Waals surface area contributed by atoms with Gasteiger partial charge in [-0.05, 0) is 6.08 Å². The third-order valence-electron chi connectivity index (χ3n) is 2.93. The third kappa shape index (κ3) is 1.42. The Kier molecular flexibility index (Phi) is 2.38. The minimum Gasteiger partial charge on any atom is -0.498 e. The van der Waals surface area contributed by atoms with Crippen LogP contribution in [0.25, 0.3) is 12.2 Å². The van der Waals surface area contributed by atoms with Crippen LogP contribution in [0.3, 0.4) is 0 Å². The van der Waals surface area contributed by atoms with Gasteiger partial charge < -0.3 is 14.3 Å². The first-order valence-electron chi connectivity index (χ1n) is 5.33. The molecule has 1 aliphatic heterocycles. The monoisotopic (exact) mass is 246 g/mol. The fourth-order valence-electron chi connectivity index (χ4n) is 2.00. The minimum atomic E-state index is -0.482. The van der Waals surface area contributed by atoms with Gasteiger partial charge in [0.25, 0.3) is 0 Å². The molecule has 1 atom stereocenters. The van der Waals surface area contributed by atoms with Crippen LogP contribution >= 0.6 is 0 Å². The number of nitrogens with zero attached hydrogens (tertiary/aromatic N) is 2. The highest BCUT2D eigenvalue weighted by Crippen LogP contribution is 2.15. The van der Waals surface area contributed by atoms with Crippen molar-refractivity contribution >= 4 is 18.1 Å². The number of hydrogen-bond acceptors (Lipinski definition) is 6. The number of aromatic nitrogens is 1. The van der Waals surface area contributed by atoms with Crippen LogP contribution in [0.5, 0.6) is 0 Å². The highest BCUT2D eigenvalue weighted by atomic mass is 16.7. The Morgan fingerprint density at radius 1 is 1.39 bits per heavy atom. The molecule has 2 heterocycles. The summed E-state index contributed by atoms with van der Waals surface area (Å²) in [5.41, 5.74) is 1.05. The van der Waals surface area contributed by atoms with E-state index in [1.54, 1.807) is 20.3 Å². The number of rotatable bonds is 2. The number of carbonyl (C=O) groups excluding carboxylic acids is 1. The smallest absolute Gasteiger partial charge is 0.369 e. The zero-order valence-corrected chi connectivity index (χ0v) is 9.84. The summed E-state index contributed by atoms with van der Waals surface area (Å²) in [5.74, 6) is 0.173. The van der Waals surface area contributed by atoms with Gasteiger partial charge in [0.1, 0.15) is 22.8 Å². The van der Waals surface area contributed by atoms with Crippen molar-refractivity contribution in [2.45, 2.75) is 6.10 Å². The lowest BCUT2D eigenvalue weighted by atomic mass is 10.1. The summed E-state index contributed by atoms with van der Waals surface area (Å²) in [6.07, 6.45) is 4.72. The Bertz CT molecular complexity index is 678. The summed E-state index contributed by atoms with van der Waals surface area (Å²) in [7, 11) is 3.15. The van der Waals surface area contributed by atoms with Crippen molar-refractivity contribution in [3.05, 3.63) is 33.8 Å². The van der Waals surface area contributed by atoms with Crippen molar-refractivity contribution in [1.29, 1.82) is 0 Å². The van der Waals surface area contributed by atoms with Crippen LogP contribution in [-0.4, -0.2) is 31.3 Å². The Hall–Kier alpha value is -2.21. The van der Waals surface area contributed by atoms with E-state index in [-0.39, 0.29) is 6.10 Å². The van der Waals surface area contributed by atoms with E-state index >= 15 is 0 Å². The number of carbonyl (C=O) groups is 1. The van der Waals surface area contributed by atoms with E-state index in [4.69, 9.17) is 9.47 Å². The van der Waals surface area contributed by atoms with E-state index in [9.17, 15) is 4.79 Å². The SMILES string of the molecule is COC1=Cc2ncc3c(c2=CC1OC)=NOC3=O. The molecule has 92 valence electrons. The second-order valence-electron chi connectivity index (χ2n) is 3.86. The van der Waals surface area contributed by atoms with Crippen LogP contribution < -0.4 is 10.6 Å². The fourth-order valence-corrected chi connectivity index (χ4v) is 2.00. The van der Waals surface area contributed by atoms with Crippen molar-refractivity contribution in [3.63, 3.8) is 0 Å².